The van der Waals surface area contributed by atoms with Crippen LogP contribution in [0, 0.1) is 0 Å². The molecule has 5 atom stereocenters. The molecule has 97 heavy (non-hydrogen) atoms. The first-order valence-electron chi connectivity index (χ1n) is 37.1. The standard InChI is InChI=1S/C79H132O16P2/c1-4-7-10-13-16-19-22-25-27-29-31-33-34-35-36-37-38-40-42-43-45-48-50-53-56-59-62-65-77(82)89-68-74(80)69-91-96(85,86)92-70-75(81)71-93-97(87,88)94-73-76(95-79(84)67-64-61-58-55-52-47-24-21-18-15-12-9-6-3)72-90-78(83)66-63-60-57-54-51-49-46-44-41-39-32-30-28-26-23-20-17-14-11-8-5-2/h7-8,10-11,16-17,19-20,25-28,31-33,35-36,38-40,44,46,51,54,74-76,80-81H,4-6,9,12-15,18,21-24,29-30,34,37,41-43,45,47-50,52-53,55-73H2,1-3H3,(H,85,86)(H,87,88)/b10-7-,11-8-,19-16-,20-17-,27-25-,28-26-,33-31-,36-35-,39-32-,40-38-,46-44-,54-51-. The van der Waals surface area contributed by atoms with Crippen molar-refractivity contribution in [3.05, 3.63) is 146 Å². The van der Waals surface area contributed by atoms with Gasteiger partial charge in [-0.2, -0.15) is 0 Å². The number of phosphoric ester groups is 2. The van der Waals surface area contributed by atoms with E-state index in [2.05, 4.69) is 167 Å². The Labute approximate surface area is 587 Å². The van der Waals surface area contributed by atoms with Crippen molar-refractivity contribution < 1.29 is 75.8 Å². The maximum absolute atomic E-state index is 12.9. The summed E-state index contributed by atoms with van der Waals surface area (Å²) < 4.78 is 61.0. The van der Waals surface area contributed by atoms with Crippen LogP contribution in [0.3, 0.4) is 0 Å². The predicted octanol–water partition coefficient (Wildman–Crippen LogP) is 21.3. The summed E-state index contributed by atoms with van der Waals surface area (Å²) in [5.74, 6) is -1.64. The van der Waals surface area contributed by atoms with Crippen molar-refractivity contribution in [1.29, 1.82) is 0 Å². The van der Waals surface area contributed by atoms with Crippen LogP contribution in [0.15, 0.2) is 146 Å². The van der Waals surface area contributed by atoms with Gasteiger partial charge in [0.05, 0.1) is 26.4 Å². The fourth-order valence-corrected chi connectivity index (χ4v) is 11.0. The van der Waals surface area contributed by atoms with E-state index in [-0.39, 0.29) is 19.3 Å². The van der Waals surface area contributed by atoms with E-state index in [9.17, 15) is 43.5 Å². The minimum absolute atomic E-state index is 0.0937. The third-order valence-corrected chi connectivity index (χ3v) is 17.0. The van der Waals surface area contributed by atoms with Gasteiger partial charge in [0, 0.05) is 19.3 Å². The van der Waals surface area contributed by atoms with Crippen LogP contribution in [-0.2, 0) is 55.8 Å². The summed E-state index contributed by atoms with van der Waals surface area (Å²) >= 11 is 0. The lowest BCUT2D eigenvalue weighted by atomic mass is 10.0. The number of aliphatic hydroxyl groups excluding tert-OH is 2. The quantitative estimate of drug-likeness (QED) is 0.0146. The van der Waals surface area contributed by atoms with Crippen molar-refractivity contribution in [1.82, 2.24) is 0 Å². The zero-order valence-corrected chi connectivity index (χ0v) is 62.0. The van der Waals surface area contributed by atoms with Crippen LogP contribution in [0.1, 0.15) is 278 Å². The number of aliphatic hydroxyl groups is 2. The first kappa shape index (κ1) is 92.4. The average Bonchev–Trinajstić information content (AvgIpc) is 1.63. The zero-order chi connectivity index (χ0) is 70.9. The number of carbonyl (C=O) groups is 3. The molecule has 0 aromatic heterocycles. The number of esters is 3. The molecular formula is C79H132O16P2. The molecule has 0 aromatic carbocycles. The summed E-state index contributed by atoms with van der Waals surface area (Å²) in [7, 11) is -9.80. The Morgan fingerprint density at radius 1 is 0.299 bits per heavy atom. The van der Waals surface area contributed by atoms with Crippen LogP contribution in [0.25, 0.3) is 0 Å². The molecular weight excluding hydrogens is 1270 g/mol. The number of hydrogen-bond donors (Lipinski definition) is 4. The van der Waals surface area contributed by atoms with Gasteiger partial charge in [0.1, 0.15) is 25.4 Å². The molecule has 0 aliphatic carbocycles. The molecule has 0 bridgehead atoms. The molecule has 0 fully saturated rings. The molecule has 0 saturated heterocycles. The van der Waals surface area contributed by atoms with E-state index >= 15 is 0 Å². The highest BCUT2D eigenvalue weighted by Gasteiger charge is 2.29. The van der Waals surface area contributed by atoms with Crippen molar-refractivity contribution in [3.8, 4) is 0 Å². The summed E-state index contributed by atoms with van der Waals surface area (Å²) in [6.07, 6.45) is 86.1. The van der Waals surface area contributed by atoms with E-state index < -0.39 is 91.5 Å². The van der Waals surface area contributed by atoms with Gasteiger partial charge in [0.25, 0.3) is 0 Å². The second kappa shape index (κ2) is 71.3. The first-order valence-corrected chi connectivity index (χ1v) is 40.1. The van der Waals surface area contributed by atoms with Crippen LogP contribution in [0.2, 0.25) is 0 Å². The van der Waals surface area contributed by atoms with E-state index in [0.717, 1.165) is 148 Å². The Hall–Kier alpha value is -4.57. The highest BCUT2D eigenvalue weighted by Crippen LogP contribution is 2.45. The Bertz CT molecular complexity index is 2350. The summed E-state index contributed by atoms with van der Waals surface area (Å²) in [6, 6.07) is 0. The normalized spacial score (nSPS) is 14.9. The van der Waals surface area contributed by atoms with Gasteiger partial charge in [-0.05, 0) is 122 Å². The van der Waals surface area contributed by atoms with Crippen molar-refractivity contribution >= 4 is 33.6 Å². The molecule has 4 N–H and O–H groups in total. The Morgan fingerprint density at radius 3 is 0.887 bits per heavy atom. The lowest BCUT2D eigenvalue weighted by molar-refractivity contribution is -0.161. The molecule has 0 aliphatic heterocycles. The number of hydrogen-bond acceptors (Lipinski definition) is 14. The van der Waals surface area contributed by atoms with Gasteiger partial charge in [0.15, 0.2) is 6.10 Å². The maximum atomic E-state index is 12.9. The number of allylic oxidation sites excluding steroid dienone is 24. The van der Waals surface area contributed by atoms with E-state index in [1.165, 1.54) is 70.6 Å². The lowest BCUT2D eigenvalue weighted by Crippen LogP contribution is -2.30. The number of unbranched alkanes of at least 4 members (excludes halogenated alkanes) is 22. The second-order valence-corrected chi connectivity index (χ2v) is 27.2. The average molecular weight is 1400 g/mol. The fourth-order valence-electron chi connectivity index (χ4n) is 9.46. The van der Waals surface area contributed by atoms with Crippen LogP contribution in [0.5, 0.6) is 0 Å². The number of rotatable bonds is 69. The molecule has 0 amide bonds. The topological polar surface area (TPSA) is 231 Å². The van der Waals surface area contributed by atoms with Crippen LogP contribution in [-0.4, -0.2) is 95.9 Å². The van der Waals surface area contributed by atoms with Gasteiger partial charge in [0.2, 0.25) is 0 Å². The Morgan fingerprint density at radius 2 is 0.546 bits per heavy atom. The smallest absolute Gasteiger partial charge is 0.463 e. The molecule has 18 heteroatoms. The highest BCUT2D eigenvalue weighted by atomic mass is 31.2. The molecule has 0 heterocycles. The van der Waals surface area contributed by atoms with Crippen molar-refractivity contribution in [3.63, 3.8) is 0 Å². The summed E-state index contributed by atoms with van der Waals surface area (Å²) in [6.45, 7) is 2.38. The zero-order valence-electron chi connectivity index (χ0n) is 60.2. The molecule has 5 unspecified atom stereocenters. The van der Waals surface area contributed by atoms with Crippen molar-refractivity contribution in [2.75, 3.05) is 39.6 Å². The minimum Gasteiger partial charge on any atom is -0.463 e. The predicted molar refractivity (Wildman–Crippen MR) is 399 cm³/mol. The number of ether oxygens (including phenoxy) is 3. The van der Waals surface area contributed by atoms with E-state index in [1.54, 1.807) is 0 Å². The molecule has 0 aromatic rings. The third kappa shape index (κ3) is 72.5. The Balaban J connectivity index is 4.60. The van der Waals surface area contributed by atoms with Gasteiger partial charge in [-0.1, -0.05) is 282 Å². The van der Waals surface area contributed by atoms with Crippen LogP contribution >= 0.6 is 15.6 Å². The Kier molecular flexibility index (Phi) is 67.9. The van der Waals surface area contributed by atoms with E-state index in [1.807, 2.05) is 0 Å². The molecule has 0 saturated carbocycles. The molecule has 0 aliphatic rings. The highest BCUT2D eigenvalue weighted by molar-refractivity contribution is 7.47. The van der Waals surface area contributed by atoms with E-state index in [0.29, 0.717) is 19.3 Å². The van der Waals surface area contributed by atoms with Gasteiger partial charge >= 0.3 is 33.6 Å². The monoisotopic (exact) mass is 1400 g/mol. The minimum atomic E-state index is -4.94. The largest absolute Gasteiger partial charge is 0.472 e. The maximum Gasteiger partial charge on any atom is 0.472 e. The van der Waals surface area contributed by atoms with Crippen molar-refractivity contribution in [2.24, 2.45) is 0 Å². The summed E-state index contributed by atoms with van der Waals surface area (Å²) in [5, 5.41) is 20.6. The van der Waals surface area contributed by atoms with Crippen LogP contribution in [0.4, 0.5) is 0 Å². The molecule has 16 nitrogen and oxygen atoms in total. The lowest BCUT2D eigenvalue weighted by Gasteiger charge is -2.21. The molecule has 0 rings (SSSR count). The first-order chi connectivity index (χ1) is 47.2. The summed E-state index contributed by atoms with van der Waals surface area (Å²) in [5.41, 5.74) is 0. The number of carbonyl (C=O) groups excluding carboxylic acids is 3. The molecule has 0 radical (unpaired) electrons. The summed E-state index contributed by atoms with van der Waals surface area (Å²) in [4.78, 5) is 58.5. The second-order valence-electron chi connectivity index (χ2n) is 24.3. The van der Waals surface area contributed by atoms with Gasteiger partial charge in [-0.25, -0.2) is 9.13 Å². The fraction of sp³-hybridized carbons (Fsp3) is 0.658. The van der Waals surface area contributed by atoms with E-state index in [4.69, 9.17) is 32.3 Å². The van der Waals surface area contributed by atoms with Crippen molar-refractivity contribution in [2.45, 2.75) is 296 Å². The third-order valence-electron chi connectivity index (χ3n) is 15.1. The van der Waals surface area contributed by atoms with Crippen LogP contribution < -0.4 is 0 Å². The molecule has 554 valence electrons. The molecule has 0 spiro atoms. The van der Waals surface area contributed by atoms with Gasteiger partial charge in [-0.15, -0.1) is 0 Å². The van der Waals surface area contributed by atoms with Gasteiger partial charge < -0.3 is 34.2 Å². The SMILES string of the molecule is CC/C=C\C/C=C\C/C=C\C/C=C\C/C=C\C/C=C\CCCCCCCCCCC(=O)OCC(O)COP(=O)(O)OCC(O)COP(=O)(O)OCC(COC(=O)CCCC/C=C\C/C=C\C/C=C\C/C=C\C/C=C\C/C=C\CC)OC(=O)CCCCCCCCCCCCCCC. The van der Waals surface area contributed by atoms with Gasteiger partial charge in [-0.3, -0.25) is 32.5 Å². The number of phosphoric acid groups is 2.